The first-order chi connectivity index (χ1) is 14.5. The van der Waals surface area contributed by atoms with E-state index >= 15 is 0 Å². The zero-order valence-electron chi connectivity index (χ0n) is 16.8. The lowest BCUT2D eigenvalue weighted by Crippen LogP contribution is -2.67. The summed E-state index contributed by atoms with van der Waals surface area (Å²) in [7, 11) is 0. The molecule has 3 aromatic rings. The lowest BCUT2D eigenvalue weighted by Gasteiger charge is -2.59. The van der Waals surface area contributed by atoms with Crippen LogP contribution in [-0.2, 0) is 0 Å². The van der Waals surface area contributed by atoms with Crippen molar-refractivity contribution in [2.45, 2.75) is 31.7 Å². The molecule has 0 atom stereocenters. The van der Waals surface area contributed by atoms with Gasteiger partial charge in [-0.25, -0.2) is 4.98 Å². The van der Waals surface area contributed by atoms with Gasteiger partial charge in [-0.1, -0.05) is 11.6 Å². The molecule has 3 aliphatic rings. The monoisotopic (exact) mass is 422 g/mol. The second-order valence-corrected chi connectivity index (χ2v) is 8.68. The number of nitrogens with one attached hydrogen (secondary N) is 1. The van der Waals surface area contributed by atoms with E-state index in [1.807, 2.05) is 48.2 Å². The normalized spacial score (nSPS) is 22.5. The molecule has 30 heavy (non-hydrogen) atoms. The van der Waals surface area contributed by atoms with Crippen molar-refractivity contribution in [3.05, 3.63) is 65.2 Å². The van der Waals surface area contributed by atoms with Crippen LogP contribution in [-0.4, -0.2) is 49.4 Å². The number of hydrogen-bond donors (Lipinski definition) is 1. The molecule has 1 aromatic carbocycles. The van der Waals surface area contributed by atoms with Crippen LogP contribution < -0.4 is 5.32 Å². The Kier molecular flexibility index (Phi) is 4.70. The van der Waals surface area contributed by atoms with Gasteiger partial charge in [0, 0.05) is 29.5 Å². The average Bonchev–Trinajstić information content (AvgIpc) is 3.27. The standard InChI is InChI=1S/C22H23ClN6O/c1-15-2-7-19(29-25-9-10-26-29)20(27-15)21(30)28-11-8-16-12-22(28,13-16)14-24-18-5-3-17(23)4-6-18/h2-7,9-10,16,24H,8,11-14H2,1H3. The van der Waals surface area contributed by atoms with E-state index in [0.29, 0.717) is 28.9 Å². The molecule has 0 radical (unpaired) electrons. The largest absolute Gasteiger partial charge is 0.383 e. The first-order valence-electron chi connectivity index (χ1n) is 10.2. The van der Waals surface area contributed by atoms with Crippen LogP contribution in [0.2, 0.25) is 5.02 Å². The van der Waals surface area contributed by atoms with Crippen LogP contribution in [0.4, 0.5) is 5.69 Å². The van der Waals surface area contributed by atoms with E-state index in [1.165, 1.54) is 4.80 Å². The predicted octanol–water partition coefficient (Wildman–Crippen LogP) is 3.73. The molecule has 0 unspecified atom stereocenters. The van der Waals surface area contributed by atoms with Crippen molar-refractivity contribution in [3.63, 3.8) is 0 Å². The third-order valence-corrected chi connectivity index (χ3v) is 6.48. The quantitative estimate of drug-likeness (QED) is 0.678. The molecule has 0 spiro atoms. The number of amides is 1. The number of carbonyl (C=O) groups excluding carboxylic acids is 1. The maximum Gasteiger partial charge on any atom is 0.275 e. The van der Waals surface area contributed by atoms with Gasteiger partial charge in [-0.05, 0) is 68.5 Å². The lowest BCUT2D eigenvalue weighted by atomic mass is 9.62. The van der Waals surface area contributed by atoms with Gasteiger partial charge in [-0.2, -0.15) is 10.2 Å². The van der Waals surface area contributed by atoms with E-state index in [2.05, 4.69) is 20.5 Å². The minimum absolute atomic E-state index is 0.0537. The summed E-state index contributed by atoms with van der Waals surface area (Å²) in [5.74, 6) is 0.640. The summed E-state index contributed by atoms with van der Waals surface area (Å²) in [6.07, 6.45) is 6.27. The molecule has 7 nitrogen and oxygen atoms in total. The van der Waals surface area contributed by atoms with Gasteiger partial charge >= 0.3 is 0 Å². The Labute approximate surface area is 180 Å². The number of pyridine rings is 1. The van der Waals surface area contributed by atoms with Gasteiger partial charge in [-0.3, -0.25) is 4.79 Å². The highest BCUT2D eigenvalue weighted by Gasteiger charge is 2.54. The summed E-state index contributed by atoms with van der Waals surface area (Å²) in [5, 5.41) is 12.6. The molecular formula is C22H23ClN6O. The first-order valence-corrected chi connectivity index (χ1v) is 10.6. The molecule has 6 rings (SSSR count). The molecule has 154 valence electrons. The number of anilines is 1. The van der Waals surface area contributed by atoms with Gasteiger partial charge in [0.15, 0.2) is 5.69 Å². The molecule has 4 heterocycles. The van der Waals surface area contributed by atoms with Gasteiger partial charge in [-0.15, -0.1) is 4.80 Å². The Hall–Kier alpha value is -2.93. The van der Waals surface area contributed by atoms with Crippen molar-refractivity contribution in [2.24, 2.45) is 5.92 Å². The van der Waals surface area contributed by atoms with Crippen LogP contribution in [0.1, 0.15) is 35.4 Å². The second-order valence-electron chi connectivity index (χ2n) is 8.24. The average molecular weight is 423 g/mol. The zero-order valence-corrected chi connectivity index (χ0v) is 17.5. The smallest absolute Gasteiger partial charge is 0.275 e. The highest BCUT2D eigenvalue weighted by Crippen LogP contribution is 2.49. The molecule has 1 saturated carbocycles. The molecular weight excluding hydrogens is 400 g/mol. The van der Waals surface area contributed by atoms with Gasteiger partial charge < -0.3 is 10.2 Å². The highest BCUT2D eigenvalue weighted by atomic mass is 35.5. The molecule has 8 heteroatoms. The lowest BCUT2D eigenvalue weighted by molar-refractivity contribution is -0.0490. The number of rotatable bonds is 5. The van der Waals surface area contributed by atoms with E-state index in [4.69, 9.17) is 11.6 Å². The van der Waals surface area contributed by atoms with Crippen LogP contribution in [0.15, 0.2) is 48.8 Å². The molecule has 1 amide bonds. The second kappa shape index (κ2) is 7.40. The van der Waals surface area contributed by atoms with Crippen LogP contribution in [0, 0.1) is 12.8 Å². The minimum Gasteiger partial charge on any atom is -0.383 e. The number of benzene rings is 1. The Balaban J connectivity index is 1.43. The Morgan fingerprint density at radius 1 is 1.17 bits per heavy atom. The fourth-order valence-electron chi connectivity index (χ4n) is 4.72. The number of aromatic nitrogens is 4. The SMILES string of the molecule is Cc1ccc(-n2nccn2)c(C(=O)N2CCC3CC2(CNc2ccc(Cl)cc2)C3)n1. The summed E-state index contributed by atoms with van der Waals surface area (Å²) >= 11 is 6.00. The first kappa shape index (κ1) is 19.1. The van der Waals surface area contributed by atoms with E-state index in [0.717, 1.165) is 37.2 Å². The third-order valence-electron chi connectivity index (χ3n) is 6.23. The van der Waals surface area contributed by atoms with Gasteiger partial charge in [0.25, 0.3) is 5.91 Å². The molecule has 2 saturated heterocycles. The van der Waals surface area contributed by atoms with Gasteiger partial charge in [0.1, 0.15) is 5.69 Å². The summed E-state index contributed by atoms with van der Waals surface area (Å²) in [5.41, 5.74) is 2.62. The topological polar surface area (TPSA) is 75.9 Å². The molecule has 3 fully saturated rings. The van der Waals surface area contributed by atoms with Crippen molar-refractivity contribution in [1.82, 2.24) is 24.9 Å². The summed E-state index contributed by atoms with van der Waals surface area (Å²) in [6.45, 7) is 3.34. The molecule has 1 N–H and O–H groups in total. The van der Waals surface area contributed by atoms with Crippen molar-refractivity contribution >= 4 is 23.2 Å². The third kappa shape index (κ3) is 3.33. The van der Waals surface area contributed by atoms with E-state index < -0.39 is 0 Å². The minimum atomic E-state index is -0.195. The molecule has 2 aromatic heterocycles. The van der Waals surface area contributed by atoms with Crippen molar-refractivity contribution in [1.29, 1.82) is 0 Å². The van der Waals surface area contributed by atoms with Crippen molar-refractivity contribution in [2.75, 3.05) is 18.4 Å². The highest BCUT2D eigenvalue weighted by molar-refractivity contribution is 6.30. The number of carbonyl (C=O) groups is 1. The van der Waals surface area contributed by atoms with Gasteiger partial charge in [0.2, 0.25) is 0 Å². The Morgan fingerprint density at radius 3 is 2.63 bits per heavy atom. The summed E-state index contributed by atoms with van der Waals surface area (Å²) < 4.78 is 0. The van der Waals surface area contributed by atoms with E-state index in [-0.39, 0.29) is 11.4 Å². The van der Waals surface area contributed by atoms with E-state index in [9.17, 15) is 4.79 Å². The van der Waals surface area contributed by atoms with Crippen LogP contribution in [0.3, 0.4) is 0 Å². The number of aryl methyl sites for hydroxylation is 1. The molecule has 2 bridgehead atoms. The van der Waals surface area contributed by atoms with Crippen LogP contribution in [0.5, 0.6) is 0 Å². The molecule has 1 aliphatic carbocycles. The summed E-state index contributed by atoms with van der Waals surface area (Å²) in [4.78, 5) is 21.8. The Morgan fingerprint density at radius 2 is 1.90 bits per heavy atom. The predicted molar refractivity (Wildman–Crippen MR) is 115 cm³/mol. The fourth-order valence-corrected chi connectivity index (χ4v) is 4.84. The Bertz CT molecular complexity index is 1060. The zero-order chi connectivity index (χ0) is 20.7. The van der Waals surface area contributed by atoms with E-state index in [1.54, 1.807) is 12.4 Å². The maximum absolute atomic E-state index is 13.7. The number of hydrogen-bond acceptors (Lipinski definition) is 5. The summed E-state index contributed by atoms with van der Waals surface area (Å²) in [6, 6.07) is 11.4. The van der Waals surface area contributed by atoms with Crippen molar-refractivity contribution in [3.8, 4) is 5.69 Å². The van der Waals surface area contributed by atoms with Crippen molar-refractivity contribution < 1.29 is 4.79 Å². The van der Waals surface area contributed by atoms with Crippen LogP contribution in [0.25, 0.3) is 5.69 Å². The molecule has 2 aliphatic heterocycles. The van der Waals surface area contributed by atoms with Gasteiger partial charge in [0.05, 0.1) is 17.9 Å². The number of fused-ring (bicyclic) bond motifs is 2. The fraction of sp³-hybridized carbons (Fsp3) is 0.364. The number of nitrogens with zero attached hydrogens (tertiary/aromatic N) is 5. The number of halogens is 1. The number of piperidine rings is 2. The van der Waals surface area contributed by atoms with Crippen LogP contribution >= 0.6 is 11.6 Å². The maximum atomic E-state index is 13.7.